The highest BCUT2D eigenvalue weighted by Crippen LogP contribution is 2.28. The number of fused-ring (bicyclic) bond motifs is 1. The molecule has 3 nitrogen and oxygen atoms in total. The number of nitrogens with one attached hydrogen (secondary N) is 1. The van der Waals surface area contributed by atoms with Gasteiger partial charge in [0, 0.05) is 5.39 Å². The number of rotatable bonds is 5. The number of para-hydroxylation sites is 1. The Bertz CT molecular complexity index is 972. The SMILES string of the molecule is Cc1cc(S[C@@H](C)C(=O)N[C@H](C)c2ccc(F)cc2)nc2c(C)cccc12. The highest BCUT2D eigenvalue weighted by molar-refractivity contribution is 8.00. The van der Waals surface area contributed by atoms with E-state index in [4.69, 9.17) is 4.98 Å². The van der Waals surface area contributed by atoms with Gasteiger partial charge in [-0.15, -0.1) is 0 Å². The Hall–Kier alpha value is -2.40. The monoisotopic (exact) mass is 382 g/mol. The van der Waals surface area contributed by atoms with Gasteiger partial charge in [0.25, 0.3) is 0 Å². The standard InChI is InChI=1S/C22H23FN2OS/c1-13-6-5-7-19-14(2)12-20(25-21(13)19)27-16(4)22(26)24-15(3)17-8-10-18(23)11-9-17/h5-12,15-16H,1-4H3,(H,24,26)/t15-,16+/m1/s1. The smallest absolute Gasteiger partial charge is 0.233 e. The number of aryl methyl sites for hydroxylation is 2. The predicted molar refractivity (Wildman–Crippen MR) is 109 cm³/mol. The van der Waals surface area contributed by atoms with E-state index in [0.29, 0.717) is 0 Å². The second-order valence-electron chi connectivity index (χ2n) is 6.79. The van der Waals surface area contributed by atoms with E-state index in [0.717, 1.165) is 32.6 Å². The Balaban J connectivity index is 1.72. The molecule has 0 aliphatic rings. The number of nitrogens with zero attached hydrogens (tertiary/aromatic N) is 1. The molecule has 0 fully saturated rings. The quantitative estimate of drug-likeness (QED) is 0.605. The molecule has 1 N–H and O–H groups in total. The van der Waals surface area contributed by atoms with Crippen molar-refractivity contribution in [2.24, 2.45) is 0 Å². The number of thioether (sulfide) groups is 1. The van der Waals surface area contributed by atoms with Crippen molar-refractivity contribution in [2.75, 3.05) is 0 Å². The highest BCUT2D eigenvalue weighted by Gasteiger charge is 2.18. The number of hydrogen-bond acceptors (Lipinski definition) is 3. The average Bonchev–Trinajstić information content (AvgIpc) is 2.63. The van der Waals surface area contributed by atoms with Gasteiger partial charge in [-0.1, -0.05) is 42.1 Å². The zero-order chi connectivity index (χ0) is 19.6. The molecular weight excluding hydrogens is 359 g/mol. The van der Waals surface area contributed by atoms with Gasteiger partial charge >= 0.3 is 0 Å². The number of benzene rings is 2. The van der Waals surface area contributed by atoms with Gasteiger partial charge in [-0.3, -0.25) is 4.79 Å². The van der Waals surface area contributed by atoms with Gasteiger partial charge in [0.15, 0.2) is 0 Å². The first-order chi connectivity index (χ1) is 12.8. The number of carbonyl (C=O) groups excluding carboxylic acids is 1. The summed E-state index contributed by atoms with van der Waals surface area (Å²) in [4.78, 5) is 17.3. The van der Waals surface area contributed by atoms with Crippen molar-refractivity contribution in [3.05, 3.63) is 71.0 Å². The molecule has 0 bridgehead atoms. The van der Waals surface area contributed by atoms with Gasteiger partial charge in [0.1, 0.15) is 5.82 Å². The topological polar surface area (TPSA) is 42.0 Å². The van der Waals surface area contributed by atoms with Gasteiger partial charge < -0.3 is 5.32 Å². The fraction of sp³-hybridized carbons (Fsp3) is 0.273. The second-order valence-corrected chi connectivity index (χ2v) is 8.15. The van der Waals surface area contributed by atoms with Crippen molar-refractivity contribution >= 4 is 28.6 Å². The summed E-state index contributed by atoms with van der Waals surface area (Å²) >= 11 is 1.45. The van der Waals surface area contributed by atoms with Crippen LogP contribution in [0.3, 0.4) is 0 Å². The molecule has 0 saturated heterocycles. The highest BCUT2D eigenvalue weighted by atomic mass is 32.2. The molecule has 0 saturated carbocycles. The van der Waals surface area contributed by atoms with Crippen molar-refractivity contribution in [1.29, 1.82) is 0 Å². The molecule has 1 amide bonds. The van der Waals surface area contributed by atoms with Crippen molar-refractivity contribution in [3.8, 4) is 0 Å². The average molecular weight is 383 g/mol. The van der Waals surface area contributed by atoms with E-state index in [2.05, 4.69) is 18.3 Å². The van der Waals surface area contributed by atoms with Gasteiger partial charge in [0.05, 0.1) is 21.8 Å². The van der Waals surface area contributed by atoms with Crippen molar-refractivity contribution in [2.45, 2.75) is 44.0 Å². The lowest BCUT2D eigenvalue weighted by molar-refractivity contribution is -0.120. The molecule has 0 aliphatic heterocycles. The maximum Gasteiger partial charge on any atom is 0.233 e. The molecule has 2 aromatic carbocycles. The van der Waals surface area contributed by atoms with E-state index >= 15 is 0 Å². The lowest BCUT2D eigenvalue weighted by Gasteiger charge is -2.18. The summed E-state index contributed by atoms with van der Waals surface area (Å²) < 4.78 is 13.1. The number of halogens is 1. The Morgan fingerprint density at radius 1 is 1.07 bits per heavy atom. The van der Waals surface area contributed by atoms with Gasteiger partial charge in [-0.25, -0.2) is 9.37 Å². The molecule has 1 aromatic heterocycles. The van der Waals surface area contributed by atoms with E-state index < -0.39 is 0 Å². The van der Waals surface area contributed by atoms with Gasteiger partial charge in [-0.05, 0) is 62.6 Å². The summed E-state index contributed by atoms with van der Waals surface area (Å²) in [7, 11) is 0. The first-order valence-electron chi connectivity index (χ1n) is 8.94. The lowest BCUT2D eigenvalue weighted by atomic mass is 10.1. The fourth-order valence-electron chi connectivity index (χ4n) is 2.99. The predicted octanol–water partition coefficient (Wildman–Crippen LogP) is 5.35. The summed E-state index contributed by atoms with van der Waals surface area (Å²) in [5.41, 5.74) is 4.13. The van der Waals surface area contributed by atoms with Gasteiger partial charge in [-0.2, -0.15) is 0 Å². The van der Waals surface area contributed by atoms with E-state index in [-0.39, 0.29) is 23.0 Å². The fourth-order valence-corrected chi connectivity index (χ4v) is 3.92. The Morgan fingerprint density at radius 3 is 2.48 bits per heavy atom. The molecule has 5 heteroatoms. The van der Waals surface area contributed by atoms with Crippen LogP contribution in [-0.4, -0.2) is 16.1 Å². The zero-order valence-electron chi connectivity index (χ0n) is 15.9. The van der Waals surface area contributed by atoms with Crippen LogP contribution in [0.4, 0.5) is 4.39 Å². The van der Waals surface area contributed by atoms with Crippen molar-refractivity contribution in [1.82, 2.24) is 10.3 Å². The molecule has 2 atom stereocenters. The number of aromatic nitrogens is 1. The minimum Gasteiger partial charge on any atom is -0.349 e. The summed E-state index contributed by atoms with van der Waals surface area (Å²) in [6.07, 6.45) is 0. The van der Waals surface area contributed by atoms with Crippen LogP contribution in [0.1, 0.15) is 36.6 Å². The maximum absolute atomic E-state index is 13.1. The Morgan fingerprint density at radius 2 is 1.78 bits per heavy atom. The summed E-state index contributed by atoms with van der Waals surface area (Å²) in [5.74, 6) is -0.351. The normalized spacial score (nSPS) is 13.4. The number of amides is 1. The molecule has 0 spiro atoms. The maximum atomic E-state index is 13.1. The molecule has 1 heterocycles. The third-order valence-corrected chi connectivity index (χ3v) is 5.64. The van der Waals surface area contributed by atoms with Crippen molar-refractivity contribution in [3.63, 3.8) is 0 Å². The molecule has 0 unspecified atom stereocenters. The van der Waals surface area contributed by atoms with E-state index in [1.165, 1.54) is 23.9 Å². The molecule has 140 valence electrons. The molecule has 0 aliphatic carbocycles. The van der Waals surface area contributed by atoms with Crippen LogP contribution >= 0.6 is 11.8 Å². The van der Waals surface area contributed by atoms with E-state index in [9.17, 15) is 9.18 Å². The molecule has 3 aromatic rings. The van der Waals surface area contributed by atoms with Crippen molar-refractivity contribution < 1.29 is 9.18 Å². The van der Waals surface area contributed by atoms with E-state index in [1.54, 1.807) is 12.1 Å². The second kappa shape index (κ2) is 8.09. The minimum atomic E-state index is -0.290. The first-order valence-corrected chi connectivity index (χ1v) is 9.82. The number of carbonyl (C=O) groups is 1. The number of pyridine rings is 1. The van der Waals surface area contributed by atoms with Crippen LogP contribution < -0.4 is 5.32 Å². The van der Waals surface area contributed by atoms with Gasteiger partial charge in [0.2, 0.25) is 5.91 Å². The third-order valence-electron chi connectivity index (χ3n) is 4.62. The molecule has 0 radical (unpaired) electrons. The Labute approximate surface area is 163 Å². The third kappa shape index (κ3) is 4.48. The molecule has 27 heavy (non-hydrogen) atoms. The van der Waals surface area contributed by atoms with Crippen LogP contribution in [0.2, 0.25) is 0 Å². The molecule has 3 rings (SSSR count). The largest absolute Gasteiger partial charge is 0.349 e. The number of hydrogen-bond donors (Lipinski definition) is 1. The van der Waals surface area contributed by atoms with Crippen LogP contribution in [0.15, 0.2) is 53.6 Å². The molecular formula is C22H23FN2OS. The van der Waals surface area contributed by atoms with Crippen LogP contribution in [0.25, 0.3) is 10.9 Å². The summed E-state index contributed by atoms with van der Waals surface area (Å²) in [6.45, 7) is 7.87. The lowest BCUT2D eigenvalue weighted by Crippen LogP contribution is -2.33. The summed E-state index contributed by atoms with van der Waals surface area (Å²) in [5, 5.41) is 4.68. The van der Waals surface area contributed by atoms with Crippen LogP contribution in [0, 0.1) is 19.7 Å². The van der Waals surface area contributed by atoms with Crippen LogP contribution in [0.5, 0.6) is 0 Å². The zero-order valence-corrected chi connectivity index (χ0v) is 16.7. The Kier molecular flexibility index (Phi) is 5.80. The van der Waals surface area contributed by atoms with Crippen LogP contribution in [-0.2, 0) is 4.79 Å². The van der Waals surface area contributed by atoms with E-state index in [1.807, 2.05) is 39.0 Å². The first kappa shape index (κ1) is 19.4. The summed E-state index contributed by atoms with van der Waals surface area (Å²) in [6, 6.07) is 14.2. The minimum absolute atomic E-state index is 0.0684.